The van der Waals surface area contributed by atoms with Crippen molar-refractivity contribution in [2.75, 3.05) is 14.1 Å². The summed E-state index contributed by atoms with van der Waals surface area (Å²) in [6.45, 7) is 1.65. The summed E-state index contributed by atoms with van der Waals surface area (Å²) < 4.78 is 0. The third-order valence-corrected chi connectivity index (χ3v) is 5.21. The van der Waals surface area contributed by atoms with Crippen LogP contribution < -0.4 is 5.32 Å². The minimum absolute atomic E-state index is 0.0417. The first-order valence-electron chi connectivity index (χ1n) is 8.53. The van der Waals surface area contributed by atoms with E-state index >= 15 is 0 Å². The van der Waals surface area contributed by atoms with Crippen molar-refractivity contribution in [2.24, 2.45) is 0 Å². The van der Waals surface area contributed by atoms with Crippen LogP contribution in [0, 0.1) is 0 Å². The van der Waals surface area contributed by atoms with E-state index in [1.807, 2.05) is 0 Å². The lowest BCUT2D eigenvalue weighted by molar-refractivity contribution is -0.131. The highest BCUT2D eigenvalue weighted by Gasteiger charge is 2.49. The van der Waals surface area contributed by atoms with Gasteiger partial charge in [-0.15, -0.1) is 0 Å². The lowest BCUT2D eigenvalue weighted by atomic mass is 9.92. The van der Waals surface area contributed by atoms with E-state index in [-0.39, 0.29) is 12.5 Å². The Kier molecular flexibility index (Phi) is 5.37. The highest BCUT2D eigenvalue weighted by molar-refractivity contribution is 6.35. The Morgan fingerprint density at radius 3 is 2.50 bits per heavy atom. The number of halogens is 2. The highest BCUT2D eigenvalue weighted by atomic mass is 35.5. The molecule has 1 unspecified atom stereocenters. The van der Waals surface area contributed by atoms with Gasteiger partial charge in [0.25, 0.3) is 11.8 Å². The first-order valence-corrected chi connectivity index (χ1v) is 9.29. The van der Waals surface area contributed by atoms with Crippen molar-refractivity contribution < 1.29 is 14.4 Å². The molecule has 1 heterocycles. The molecule has 146 valence electrons. The van der Waals surface area contributed by atoms with Crippen LogP contribution in [-0.4, -0.2) is 41.7 Å². The monoisotopic (exact) mass is 419 g/mol. The maximum atomic E-state index is 13.1. The number of imide groups is 1. The fourth-order valence-corrected chi connectivity index (χ4v) is 3.76. The average molecular weight is 420 g/mol. The normalized spacial score (nSPS) is 19.0. The van der Waals surface area contributed by atoms with Crippen LogP contribution in [-0.2, 0) is 16.9 Å². The zero-order valence-corrected chi connectivity index (χ0v) is 17.1. The summed E-state index contributed by atoms with van der Waals surface area (Å²) in [5.41, 5.74) is 0.326. The lowest BCUT2D eigenvalue weighted by Gasteiger charge is -2.23. The molecule has 1 atom stereocenters. The molecule has 0 aromatic heterocycles. The van der Waals surface area contributed by atoms with Gasteiger partial charge in [0.1, 0.15) is 5.54 Å². The fraction of sp³-hybridized carbons (Fsp3) is 0.250. The Balaban J connectivity index is 1.89. The molecule has 1 aliphatic heterocycles. The third kappa shape index (κ3) is 3.57. The van der Waals surface area contributed by atoms with Crippen molar-refractivity contribution in [1.29, 1.82) is 0 Å². The molecular weight excluding hydrogens is 401 g/mol. The number of nitrogens with zero attached hydrogens (tertiary/aromatic N) is 2. The van der Waals surface area contributed by atoms with E-state index < -0.39 is 17.5 Å². The Hall–Kier alpha value is -2.57. The molecule has 3 rings (SSSR count). The molecule has 0 spiro atoms. The van der Waals surface area contributed by atoms with E-state index in [4.69, 9.17) is 23.2 Å². The molecule has 1 fully saturated rings. The van der Waals surface area contributed by atoms with Crippen molar-refractivity contribution in [2.45, 2.75) is 19.0 Å². The van der Waals surface area contributed by atoms with Crippen LogP contribution in [0.3, 0.4) is 0 Å². The molecule has 2 aromatic carbocycles. The summed E-state index contributed by atoms with van der Waals surface area (Å²) in [4.78, 5) is 40.4. The van der Waals surface area contributed by atoms with Gasteiger partial charge in [0.15, 0.2) is 0 Å². The van der Waals surface area contributed by atoms with Gasteiger partial charge in [0.2, 0.25) is 0 Å². The van der Waals surface area contributed by atoms with Gasteiger partial charge in [0.05, 0.1) is 6.54 Å². The number of carbonyl (C=O) groups excluding carboxylic acids is 3. The quantitative estimate of drug-likeness (QED) is 0.768. The minimum Gasteiger partial charge on any atom is -0.345 e. The number of hydrogen-bond acceptors (Lipinski definition) is 3. The van der Waals surface area contributed by atoms with Gasteiger partial charge < -0.3 is 10.2 Å². The van der Waals surface area contributed by atoms with E-state index in [1.54, 1.807) is 57.4 Å². The minimum atomic E-state index is -1.30. The van der Waals surface area contributed by atoms with E-state index in [0.717, 1.165) is 4.90 Å². The van der Waals surface area contributed by atoms with Gasteiger partial charge in [-0.2, -0.15) is 0 Å². The van der Waals surface area contributed by atoms with Gasteiger partial charge in [-0.05, 0) is 36.8 Å². The number of carbonyl (C=O) groups is 3. The second-order valence-electron chi connectivity index (χ2n) is 6.97. The second-order valence-corrected chi connectivity index (χ2v) is 7.81. The van der Waals surface area contributed by atoms with Crippen molar-refractivity contribution >= 4 is 41.0 Å². The molecule has 2 aromatic rings. The summed E-state index contributed by atoms with van der Waals surface area (Å²) in [6, 6.07) is 11.1. The number of hydrogen-bond donors (Lipinski definition) is 1. The summed E-state index contributed by atoms with van der Waals surface area (Å²) in [5, 5.41) is 3.45. The molecule has 8 heteroatoms. The molecule has 0 bridgehead atoms. The number of benzene rings is 2. The van der Waals surface area contributed by atoms with Gasteiger partial charge in [-0.1, -0.05) is 41.4 Å². The second kappa shape index (κ2) is 7.45. The van der Waals surface area contributed by atoms with Crippen molar-refractivity contribution in [3.05, 3.63) is 69.2 Å². The van der Waals surface area contributed by atoms with Crippen molar-refractivity contribution in [1.82, 2.24) is 15.1 Å². The highest BCUT2D eigenvalue weighted by Crippen LogP contribution is 2.35. The van der Waals surface area contributed by atoms with Crippen LogP contribution in [0.15, 0.2) is 42.5 Å². The van der Waals surface area contributed by atoms with E-state index in [0.29, 0.717) is 26.7 Å². The number of amides is 4. The van der Waals surface area contributed by atoms with E-state index in [9.17, 15) is 14.4 Å². The zero-order valence-electron chi connectivity index (χ0n) is 15.6. The topological polar surface area (TPSA) is 69.7 Å². The largest absolute Gasteiger partial charge is 0.345 e. The van der Waals surface area contributed by atoms with Crippen LogP contribution in [0.4, 0.5) is 4.79 Å². The van der Waals surface area contributed by atoms with Gasteiger partial charge in [0, 0.05) is 35.3 Å². The van der Waals surface area contributed by atoms with Crippen LogP contribution in [0.25, 0.3) is 0 Å². The molecule has 0 saturated carbocycles. The standard InChI is InChI=1S/C20H19Cl2N3O3/c1-20(15-8-7-14(21)10-16(15)22)18(27)25(19(28)23-20)11-12-5-4-6-13(9-12)17(26)24(2)3/h4-10H,11H2,1-3H3,(H,23,28). The summed E-state index contributed by atoms with van der Waals surface area (Å²) >= 11 is 12.2. The number of nitrogens with one attached hydrogen (secondary N) is 1. The fourth-order valence-electron chi connectivity index (χ4n) is 3.16. The molecule has 1 aliphatic rings. The molecule has 6 nitrogen and oxygen atoms in total. The van der Waals surface area contributed by atoms with E-state index in [2.05, 4.69) is 5.32 Å². The maximum Gasteiger partial charge on any atom is 0.325 e. The molecular formula is C20H19Cl2N3O3. The summed E-state index contributed by atoms with van der Waals surface area (Å²) in [5.74, 6) is -0.581. The number of urea groups is 1. The maximum absolute atomic E-state index is 13.1. The molecule has 1 saturated heterocycles. The summed E-state index contributed by atoms with van der Waals surface area (Å²) in [7, 11) is 3.32. The predicted octanol–water partition coefficient (Wildman–Crippen LogP) is 3.66. The Morgan fingerprint density at radius 1 is 1.14 bits per heavy atom. The third-order valence-electron chi connectivity index (χ3n) is 4.67. The van der Waals surface area contributed by atoms with Gasteiger partial charge >= 0.3 is 6.03 Å². The Labute approximate surface area is 173 Å². The predicted molar refractivity (Wildman–Crippen MR) is 107 cm³/mol. The molecule has 0 aliphatic carbocycles. The zero-order chi connectivity index (χ0) is 20.6. The first kappa shape index (κ1) is 20.2. The molecule has 1 N–H and O–H groups in total. The van der Waals surface area contributed by atoms with Crippen molar-refractivity contribution in [3.63, 3.8) is 0 Å². The Bertz CT molecular complexity index is 977. The first-order chi connectivity index (χ1) is 13.1. The smallest absolute Gasteiger partial charge is 0.325 e. The summed E-state index contributed by atoms with van der Waals surface area (Å²) in [6.07, 6.45) is 0. The lowest BCUT2D eigenvalue weighted by Crippen LogP contribution is -2.41. The van der Waals surface area contributed by atoms with Crippen LogP contribution in [0.1, 0.15) is 28.4 Å². The molecule has 0 radical (unpaired) electrons. The van der Waals surface area contributed by atoms with E-state index in [1.165, 1.54) is 11.0 Å². The SMILES string of the molecule is CN(C)C(=O)c1cccc(CN2C(=O)NC(C)(c3ccc(Cl)cc3Cl)C2=O)c1. The van der Waals surface area contributed by atoms with Crippen LogP contribution >= 0.6 is 23.2 Å². The van der Waals surface area contributed by atoms with Gasteiger partial charge in [-0.3, -0.25) is 14.5 Å². The van der Waals surface area contributed by atoms with Crippen LogP contribution in [0.5, 0.6) is 0 Å². The van der Waals surface area contributed by atoms with Crippen molar-refractivity contribution in [3.8, 4) is 0 Å². The number of rotatable bonds is 4. The van der Waals surface area contributed by atoms with Gasteiger partial charge in [-0.25, -0.2) is 4.79 Å². The molecule has 4 amide bonds. The van der Waals surface area contributed by atoms with Crippen LogP contribution in [0.2, 0.25) is 10.0 Å². The average Bonchev–Trinajstić information content (AvgIpc) is 2.85. The molecule has 28 heavy (non-hydrogen) atoms. The Morgan fingerprint density at radius 2 is 1.86 bits per heavy atom.